The van der Waals surface area contributed by atoms with Gasteiger partial charge in [-0.15, -0.1) is 0 Å². The van der Waals surface area contributed by atoms with E-state index in [0.717, 1.165) is 5.56 Å². The molecule has 0 atom stereocenters. The number of aromatic nitrogens is 3. The molecule has 1 spiro atoms. The molecule has 2 fully saturated rings. The number of anilines is 1. The Morgan fingerprint density at radius 3 is 2.70 bits per heavy atom. The zero-order chi connectivity index (χ0) is 18.6. The van der Waals surface area contributed by atoms with Crippen molar-refractivity contribution in [3.8, 4) is 0 Å². The minimum absolute atomic E-state index is 0.270. The highest BCUT2D eigenvalue weighted by Crippen LogP contribution is 2.51. The number of rotatable bonds is 3. The van der Waals surface area contributed by atoms with Crippen molar-refractivity contribution >= 4 is 11.3 Å². The lowest BCUT2D eigenvalue weighted by atomic mass is 9.76. The van der Waals surface area contributed by atoms with Crippen molar-refractivity contribution in [2.24, 2.45) is 5.41 Å². The van der Waals surface area contributed by atoms with Gasteiger partial charge in [-0.3, -0.25) is 4.90 Å². The second-order valence-electron chi connectivity index (χ2n) is 7.53. The molecule has 4 heterocycles. The minimum Gasteiger partial charge on any atom is -0.361 e. The molecular formula is C19H18F3N5. The Bertz CT molecular complexity index is 996. The quantitative estimate of drug-likeness (QED) is 0.708. The van der Waals surface area contributed by atoms with Crippen molar-refractivity contribution in [3.05, 3.63) is 60.3 Å². The number of alkyl halides is 2. The molecule has 0 unspecified atom stereocenters. The van der Waals surface area contributed by atoms with Crippen LogP contribution in [0, 0.1) is 11.2 Å². The van der Waals surface area contributed by atoms with Crippen LogP contribution in [-0.4, -0.2) is 51.6 Å². The van der Waals surface area contributed by atoms with Crippen LogP contribution in [-0.2, 0) is 6.54 Å². The van der Waals surface area contributed by atoms with Crippen LogP contribution in [0.1, 0.15) is 5.56 Å². The summed E-state index contributed by atoms with van der Waals surface area (Å²) in [6.07, 6.45) is 4.91. The molecule has 0 bridgehead atoms. The lowest BCUT2D eigenvalue weighted by molar-refractivity contribution is -0.159. The predicted octanol–water partition coefficient (Wildman–Crippen LogP) is 2.83. The Balaban J connectivity index is 1.35. The van der Waals surface area contributed by atoms with E-state index in [-0.39, 0.29) is 18.9 Å². The molecule has 5 nitrogen and oxygen atoms in total. The summed E-state index contributed by atoms with van der Waals surface area (Å²) in [4.78, 5) is 7.91. The van der Waals surface area contributed by atoms with Gasteiger partial charge in [0.25, 0.3) is 5.92 Å². The van der Waals surface area contributed by atoms with Gasteiger partial charge in [-0.05, 0) is 23.8 Å². The van der Waals surface area contributed by atoms with Gasteiger partial charge in [-0.1, -0.05) is 12.1 Å². The highest BCUT2D eigenvalue weighted by molar-refractivity contribution is 5.69. The van der Waals surface area contributed by atoms with Crippen LogP contribution in [0.25, 0.3) is 5.65 Å². The Hall–Kier alpha value is -2.61. The molecule has 0 saturated carbocycles. The maximum atomic E-state index is 14.9. The minimum atomic E-state index is -2.79. The Kier molecular flexibility index (Phi) is 3.49. The number of nitrogens with zero attached hydrogens (tertiary/aromatic N) is 5. The molecule has 2 aliphatic heterocycles. The molecule has 2 aromatic heterocycles. The third-order valence-electron chi connectivity index (χ3n) is 5.62. The largest absolute Gasteiger partial charge is 0.361 e. The van der Waals surface area contributed by atoms with Gasteiger partial charge >= 0.3 is 0 Å². The van der Waals surface area contributed by atoms with Crippen molar-refractivity contribution in [3.63, 3.8) is 0 Å². The fourth-order valence-corrected chi connectivity index (χ4v) is 4.33. The van der Waals surface area contributed by atoms with Crippen LogP contribution in [0.3, 0.4) is 0 Å². The first-order valence-electron chi connectivity index (χ1n) is 8.84. The monoisotopic (exact) mass is 373 g/mol. The summed E-state index contributed by atoms with van der Waals surface area (Å²) >= 11 is 0. The first kappa shape index (κ1) is 16.6. The summed E-state index contributed by atoms with van der Waals surface area (Å²) in [6.45, 7) is 1.01. The highest BCUT2D eigenvalue weighted by Gasteiger charge is 2.65. The number of hydrogen-bond acceptors (Lipinski definition) is 4. The van der Waals surface area contributed by atoms with Crippen LogP contribution in [0.5, 0.6) is 0 Å². The van der Waals surface area contributed by atoms with Crippen molar-refractivity contribution in [1.29, 1.82) is 0 Å². The maximum absolute atomic E-state index is 14.9. The van der Waals surface area contributed by atoms with Crippen LogP contribution >= 0.6 is 0 Å². The van der Waals surface area contributed by atoms with E-state index in [4.69, 9.17) is 0 Å². The van der Waals surface area contributed by atoms with Crippen molar-refractivity contribution in [1.82, 2.24) is 19.5 Å². The molecule has 8 heteroatoms. The summed E-state index contributed by atoms with van der Waals surface area (Å²) < 4.78 is 44.8. The van der Waals surface area contributed by atoms with Gasteiger partial charge in [0.2, 0.25) is 0 Å². The number of likely N-dealkylation sites (tertiary alicyclic amines) is 1. The zero-order valence-electron chi connectivity index (χ0n) is 14.5. The van der Waals surface area contributed by atoms with E-state index in [2.05, 4.69) is 10.1 Å². The third-order valence-corrected chi connectivity index (χ3v) is 5.62. The number of hydrogen-bond donors (Lipinski definition) is 0. The molecular weight excluding hydrogens is 355 g/mol. The zero-order valence-corrected chi connectivity index (χ0v) is 14.5. The highest BCUT2D eigenvalue weighted by atomic mass is 19.3. The van der Waals surface area contributed by atoms with Crippen molar-refractivity contribution < 1.29 is 13.2 Å². The van der Waals surface area contributed by atoms with Gasteiger partial charge in [0, 0.05) is 38.6 Å². The molecule has 1 aromatic carbocycles. The normalized spacial score (nSPS) is 21.1. The Morgan fingerprint density at radius 1 is 1.04 bits per heavy atom. The summed E-state index contributed by atoms with van der Waals surface area (Å²) in [7, 11) is 0. The maximum Gasteiger partial charge on any atom is 0.274 e. The van der Waals surface area contributed by atoms with Crippen LogP contribution in [0.2, 0.25) is 0 Å². The molecule has 0 aliphatic carbocycles. The average molecular weight is 373 g/mol. The van der Waals surface area contributed by atoms with E-state index in [1.54, 1.807) is 40.1 Å². The fourth-order valence-electron chi connectivity index (χ4n) is 4.33. The van der Waals surface area contributed by atoms with Crippen LogP contribution in [0.4, 0.5) is 18.9 Å². The second-order valence-corrected chi connectivity index (χ2v) is 7.53. The van der Waals surface area contributed by atoms with Gasteiger partial charge in [-0.25, -0.2) is 22.7 Å². The Morgan fingerprint density at radius 2 is 1.89 bits per heavy atom. The average Bonchev–Trinajstić information content (AvgIpc) is 3.16. The molecule has 3 aromatic rings. The van der Waals surface area contributed by atoms with Crippen molar-refractivity contribution in [2.75, 3.05) is 31.1 Å². The van der Waals surface area contributed by atoms with Gasteiger partial charge in [0.05, 0.1) is 23.8 Å². The van der Waals surface area contributed by atoms with E-state index >= 15 is 0 Å². The van der Waals surface area contributed by atoms with E-state index in [0.29, 0.717) is 31.0 Å². The standard InChI is InChI=1S/C19H18F3N5/c20-15-3-1-2-14(8-15)9-25-10-18(11-25)12-26(13-19(18,21)22)16-4-5-24-27-7-6-23-17(16)27/h1-8H,9-13H2. The number of halogens is 3. The summed E-state index contributed by atoms with van der Waals surface area (Å²) in [6, 6.07) is 8.04. The van der Waals surface area contributed by atoms with Gasteiger partial charge in [-0.2, -0.15) is 5.10 Å². The van der Waals surface area contributed by atoms with Crippen LogP contribution < -0.4 is 4.90 Å². The first-order valence-corrected chi connectivity index (χ1v) is 8.84. The predicted molar refractivity (Wildman–Crippen MR) is 94.3 cm³/mol. The molecule has 2 saturated heterocycles. The van der Waals surface area contributed by atoms with E-state index in [1.165, 1.54) is 12.1 Å². The molecule has 0 amide bonds. The smallest absolute Gasteiger partial charge is 0.274 e. The van der Waals surface area contributed by atoms with Gasteiger partial charge in [0.15, 0.2) is 5.65 Å². The van der Waals surface area contributed by atoms with E-state index in [1.807, 2.05) is 11.0 Å². The molecule has 2 aliphatic rings. The summed E-state index contributed by atoms with van der Waals surface area (Å²) in [5.41, 5.74) is 0.986. The lowest BCUT2D eigenvalue weighted by Gasteiger charge is -2.50. The SMILES string of the molecule is Fc1cccc(CN2CC3(C2)CN(c2ccnn4ccnc24)CC3(F)F)c1. The molecule has 140 valence electrons. The third kappa shape index (κ3) is 2.58. The summed E-state index contributed by atoms with van der Waals surface area (Å²) in [5.74, 6) is -3.10. The first-order chi connectivity index (χ1) is 13.0. The van der Waals surface area contributed by atoms with E-state index in [9.17, 15) is 13.2 Å². The topological polar surface area (TPSA) is 36.7 Å². The fraction of sp³-hybridized carbons (Fsp3) is 0.368. The molecule has 0 N–H and O–H groups in total. The number of imidazole rings is 1. The second kappa shape index (κ2) is 5.69. The van der Waals surface area contributed by atoms with Gasteiger partial charge < -0.3 is 4.90 Å². The van der Waals surface area contributed by atoms with Crippen molar-refractivity contribution in [2.45, 2.75) is 12.5 Å². The lowest BCUT2D eigenvalue weighted by Crippen LogP contribution is -2.64. The summed E-state index contributed by atoms with van der Waals surface area (Å²) in [5, 5.41) is 4.15. The van der Waals surface area contributed by atoms with Gasteiger partial charge in [0.1, 0.15) is 5.82 Å². The van der Waals surface area contributed by atoms with Crippen LogP contribution in [0.15, 0.2) is 48.9 Å². The van der Waals surface area contributed by atoms with E-state index < -0.39 is 11.3 Å². The molecule has 27 heavy (non-hydrogen) atoms. The molecule has 5 rings (SSSR count). The number of benzene rings is 1. The Labute approximate surface area is 154 Å². The number of fused-ring (bicyclic) bond motifs is 1. The molecule has 0 radical (unpaired) electrons.